The Bertz CT molecular complexity index is 327. The normalized spacial score (nSPS) is 10.3. The van der Waals surface area contributed by atoms with E-state index in [1.54, 1.807) is 11.9 Å². The van der Waals surface area contributed by atoms with Crippen LogP contribution in [0.5, 0.6) is 0 Å². The maximum absolute atomic E-state index is 11.6. The molecule has 0 saturated carbocycles. The first-order chi connectivity index (χ1) is 7.13. The van der Waals surface area contributed by atoms with Gasteiger partial charge >= 0.3 is 0 Å². The Kier molecular flexibility index (Phi) is 5.43. The van der Waals surface area contributed by atoms with Crippen molar-refractivity contribution in [2.45, 2.75) is 19.4 Å². The van der Waals surface area contributed by atoms with Crippen LogP contribution in [0.1, 0.15) is 17.7 Å². The summed E-state index contributed by atoms with van der Waals surface area (Å²) in [6.45, 7) is 0.624. The van der Waals surface area contributed by atoms with Crippen LogP contribution in [0.4, 0.5) is 0 Å². The summed E-state index contributed by atoms with van der Waals surface area (Å²) in [7, 11) is 1.80. The van der Waals surface area contributed by atoms with Gasteiger partial charge in [-0.15, -0.1) is 22.9 Å². The van der Waals surface area contributed by atoms with E-state index in [1.807, 2.05) is 12.1 Å². The Hall–Kier alpha value is -0.250. The monoisotopic (exact) mass is 265 g/mol. The molecule has 1 heterocycles. The van der Waals surface area contributed by atoms with Gasteiger partial charge in [-0.1, -0.05) is 11.6 Å². The number of carbonyl (C=O) groups is 1. The van der Waals surface area contributed by atoms with Gasteiger partial charge in [-0.05, 0) is 18.6 Å². The number of hydrogen-bond donors (Lipinski definition) is 0. The molecule has 0 bridgehead atoms. The zero-order chi connectivity index (χ0) is 11.3. The first kappa shape index (κ1) is 12.8. The SMILES string of the molecule is CN(Cc1ccc(Cl)s1)C(=O)CCCCl. The number of amides is 1. The van der Waals surface area contributed by atoms with Crippen LogP contribution in [-0.4, -0.2) is 23.7 Å². The molecule has 84 valence electrons. The number of alkyl halides is 1. The molecule has 0 fully saturated rings. The predicted molar refractivity (Wildman–Crippen MR) is 65.8 cm³/mol. The first-order valence-corrected chi connectivity index (χ1v) is 6.40. The fraction of sp³-hybridized carbons (Fsp3) is 0.500. The summed E-state index contributed by atoms with van der Waals surface area (Å²) >= 11 is 12.8. The molecule has 0 spiro atoms. The average molecular weight is 266 g/mol. The zero-order valence-electron chi connectivity index (χ0n) is 8.50. The van der Waals surface area contributed by atoms with Crippen LogP contribution >= 0.6 is 34.5 Å². The highest BCUT2D eigenvalue weighted by atomic mass is 35.5. The number of carbonyl (C=O) groups excluding carboxylic acids is 1. The van der Waals surface area contributed by atoms with Crippen LogP contribution in [0.2, 0.25) is 4.34 Å². The molecule has 0 aliphatic rings. The summed E-state index contributed by atoms with van der Waals surface area (Å²) in [5.74, 6) is 0.657. The molecule has 0 N–H and O–H groups in total. The van der Waals surface area contributed by atoms with E-state index in [9.17, 15) is 4.79 Å². The molecule has 0 radical (unpaired) electrons. The maximum atomic E-state index is 11.6. The summed E-state index contributed by atoms with van der Waals surface area (Å²) in [4.78, 5) is 14.4. The molecule has 1 aromatic rings. The summed E-state index contributed by atoms with van der Waals surface area (Å²) < 4.78 is 0.756. The second-order valence-electron chi connectivity index (χ2n) is 3.25. The van der Waals surface area contributed by atoms with E-state index in [-0.39, 0.29) is 5.91 Å². The van der Waals surface area contributed by atoms with Crippen LogP contribution in [0.3, 0.4) is 0 Å². The fourth-order valence-electron chi connectivity index (χ4n) is 1.17. The lowest BCUT2D eigenvalue weighted by molar-refractivity contribution is -0.130. The third kappa shape index (κ3) is 4.41. The molecule has 0 unspecified atom stereocenters. The van der Waals surface area contributed by atoms with Gasteiger partial charge in [0.25, 0.3) is 0 Å². The van der Waals surface area contributed by atoms with Crippen LogP contribution < -0.4 is 0 Å². The molecule has 2 nitrogen and oxygen atoms in total. The second kappa shape index (κ2) is 6.36. The van der Waals surface area contributed by atoms with E-state index in [0.29, 0.717) is 18.8 Å². The van der Waals surface area contributed by atoms with Crippen LogP contribution in [0, 0.1) is 0 Å². The van der Waals surface area contributed by atoms with Gasteiger partial charge in [-0.2, -0.15) is 0 Å². The largest absolute Gasteiger partial charge is 0.341 e. The van der Waals surface area contributed by atoms with Gasteiger partial charge < -0.3 is 4.90 Å². The molecule has 1 amide bonds. The Morgan fingerprint density at radius 3 is 2.80 bits per heavy atom. The summed E-state index contributed by atoms with van der Waals surface area (Å²) in [6, 6.07) is 3.79. The summed E-state index contributed by atoms with van der Waals surface area (Å²) in [6.07, 6.45) is 1.25. The molecule has 0 saturated heterocycles. The quantitative estimate of drug-likeness (QED) is 0.748. The number of hydrogen-bond acceptors (Lipinski definition) is 2. The van der Waals surface area contributed by atoms with Crippen molar-refractivity contribution in [3.05, 3.63) is 21.3 Å². The van der Waals surface area contributed by atoms with Crippen molar-refractivity contribution in [2.24, 2.45) is 0 Å². The minimum atomic E-state index is 0.125. The molecule has 1 aromatic heterocycles. The van der Waals surface area contributed by atoms with Crippen LogP contribution in [-0.2, 0) is 11.3 Å². The molecule has 5 heteroatoms. The Morgan fingerprint density at radius 1 is 1.53 bits per heavy atom. The van der Waals surface area contributed by atoms with Crippen molar-refractivity contribution in [2.75, 3.05) is 12.9 Å². The molecule has 15 heavy (non-hydrogen) atoms. The van der Waals surface area contributed by atoms with Gasteiger partial charge in [-0.25, -0.2) is 0 Å². The highest BCUT2D eigenvalue weighted by Crippen LogP contribution is 2.22. The van der Waals surface area contributed by atoms with E-state index in [1.165, 1.54) is 11.3 Å². The topological polar surface area (TPSA) is 20.3 Å². The molecular formula is C10H13Cl2NOS. The first-order valence-electron chi connectivity index (χ1n) is 4.67. The molecule has 1 rings (SSSR count). The fourth-order valence-corrected chi connectivity index (χ4v) is 2.44. The lowest BCUT2D eigenvalue weighted by Gasteiger charge is -2.15. The smallest absolute Gasteiger partial charge is 0.222 e. The maximum Gasteiger partial charge on any atom is 0.222 e. The van der Waals surface area contributed by atoms with E-state index in [2.05, 4.69) is 0 Å². The van der Waals surface area contributed by atoms with E-state index in [4.69, 9.17) is 23.2 Å². The van der Waals surface area contributed by atoms with E-state index < -0.39 is 0 Å². The number of thiophene rings is 1. The van der Waals surface area contributed by atoms with E-state index >= 15 is 0 Å². The van der Waals surface area contributed by atoms with Crippen molar-refractivity contribution >= 4 is 40.4 Å². The highest BCUT2D eigenvalue weighted by Gasteiger charge is 2.09. The van der Waals surface area contributed by atoms with Gasteiger partial charge in [0.1, 0.15) is 0 Å². The van der Waals surface area contributed by atoms with Gasteiger partial charge in [0.05, 0.1) is 10.9 Å². The van der Waals surface area contributed by atoms with Crippen molar-refractivity contribution in [3.63, 3.8) is 0 Å². The molecule has 0 aromatic carbocycles. The third-order valence-corrected chi connectivity index (χ3v) is 3.46. The molecule has 0 atom stereocenters. The minimum Gasteiger partial charge on any atom is -0.341 e. The lowest BCUT2D eigenvalue weighted by atomic mass is 10.3. The number of halogens is 2. The zero-order valence-corrected chi connectivity index (χ0v) is 10.8. The Balaban J connectivity index is 2.41. The molecule has 0 aliphatic heterocycles. The highest BCUT2D eigenvalue weighted by molar-refractivity contribution is 7.16. The molecular weight excluding hydrogens is 253 g/mol. The van der Waals surface area contributed by atoms with Gasteiger partial charge in [0.2, 0.25) is 5.91 Å². The summed E-state index contributed by atoms with van der Waals surface area (Å²) in [5, 5.41) is 0. The number of nitrogens with zero attached hydrogens (tertiary/aromatic N) is 1. The van der Waals surface area contributed by atoms with Crippen LogP contribution in [0.25, 0.3) is 0 Å². The predicted octanol–water partition coefficient (Wildman–Crippen LogP) is 3.38. The van der Waals surface area contributed by atoms with Gasteiger partial charge in [0.15, 0.2) is 0 Å². The Morgan fingerprint density at radius 2 is 2.27 bits per heavy atom. The third-order valence-electron chi connectivity index (χ3n) is 1.97. The standard InChI is InChI=1S/C10H13Cl2NOS/c1-13(10(14)3-2-6-11)7-8-4-5-9(12)15-8/h4-5H,2-3,6-7H2,1H3. The van der Waals surface area contributed by atoms with Gasteiger partial charge in [0, 0.05) is 24.2 Å². The second-order valence-corrected chi connectivity index (χ2v) is 5.43. The van der Waals surface area contributed by atoms with Crippen molar-refractivity contribution in [3.8, 4) is 0 Å². The molecule has 0 aliphatic carbocycles. The van der Waals surface area contributed by atoms with Gasteiger partial charge in [-0.3, -0.25) is 4.79 Å². The lowest BCUT2D eigenvalue weighted by Crippen LogP contribution is -2.25. The van der Waals surface area contributed by atoms with E-state index in [0.717, 1.165) is 15.6 Å². The van der Waals surface area contributed by atoms with Crippen molar-refractivity contribution < 1.29 is 4.79 Å². The average Bonchev–Trinajstić information content (AvgIpc) is 2.60. The summed E-state index contributed by atoms with van der Waals surface area (Å²) in [5.41, 5.74) is 0. The van der Waals surface area contributed by atoms with Crippen molar-refractivity contribution in [1.82, 2.24) is 4.90 Å². The minimum absolute atomic E-state index is 0.125. The van der Waals surface area contributed by atoms with Crippen LogP contribution in [0.15, 0.2) is 12.1 Å². The Labute approximate surface area is 104 Å². The number of rotatable bonds is 5. The van der Waals surface area contributed by atoms with Crippen molar-refractivity contribution in [1.29, 1.82) is 0 Å².